The fraction of sp³-hybridized carbons (Fsp3) is 0.417. The van der Waals surface area contributed by atoms with E-state index >= 15 is 0 Å². The predicted molar refractivity (Wildman–Crippen MR) is 66.2 cm³/mol. The first kappa shape index (κ1) is 13.6. The van der Waals surface area contributed by atoms with Gasteiger partial charge in [-0.3, -0.25) is 14.9 Å². The summed E-state index contributed by atoms with van der Waals surface area (Å²) in [5.74, 6) is -0.000648. The molecule has 0 spiro atoms. The van der Waals surface area contributed by atoms with Crippen molar-refractivity contribution in [2.24, 2.45) is 0 Å². The fourth-order valence-corrected chi connectivity index (χ4v) is 1.98. The monoisotopic (exact) mass is 255 g/mol. The SMILES string of the molecule is CCC(CCC(=O)Cl)c1ccccc1[N+](=O)[O-]. The average molecular weight is 256 g/mol. The van der Waals surface area contributed by atoms with Crippen LogP contribution in [0.2, 0.25) is 0 Å². The van der Waals surface area contributed by atoms with E-state index in [1.54, 1.807) is 18.2 Å². The molecule has 0 saturated carbocycles. The van der Waals surface area contributed by atoms with Crippen molar-refractivity contribution in [3.05, 3.63) is 39.9 Å². The molecule has 0 saturated heterocycles. The van der Waals surface area contributed by atoms with Gasteiger partial charge in [0.1, 0.15) is 0 Å². The number of nitrogens with zero attached hydrogens (tertiary/aromatic N) is 1. The topological polar surface area (TPSA) is 60.2 Å². The van der Waals surface area contributed by atoms with Gasteiger partial charge in [0.25, 0.3) is 5.69 Å². The van der Waals surface area contributed by atoms with E-state index in [1.807, 2.05) is 6.92 Å². The molecular weight excluding hydrogens is 242 g/mol. The second-order valence-corrected chi connectivity index (χ2v) is 4.24. The van der Waals surface area contributed by atoms with Crippen molar-refractivity contribution in [1.82, 2.24) is 0 Å². The summed E-state index contributed by atoms with van der Waals surface area (Å²) in [6, 6.07) is 6.64. The molecule has 5 heteroatoms. The molecule has 0 N–H and O–H groups in total. The van der Waals surface area contributed by atoms with Gasteiger partial charge < -0.3 is 0 Å². The molecule has 0 amide bonds. The zero-order valence-electron chi connectivity index (χ0n) is 9.56. The van der Waals surface area contributed by atoms with Crippen molar-refractivity contribution in [2.45, 2.75) is 32.1 Å². The number of carbonyl (C=O) groups is 1. The molecule has 1 atom stereocenters. The van der Waals surface area contributed by atoms with E-state index < -0.39 is 5.24 Å². The largest absolute Gasteiger partial charge is 0.281 e. The summed E-state index contributed by atoms with van der Waals surface area (Å²) in [5.41, 5.74) is 0.791. The third kappa shape index (κ3) is 3.82. The Bertz CT molecular complexity index is 420. The van der Waals surface area contributed by atoms with E-state index in [9.17, 15) is 14.9 Å². The number of benzene rings is 1. The number of hydrogen-bond donors (Lipinski definition) is 0. The van der Waals surface area contributed by atoms with Crippen LogP contribution < -0.4 is 0 Å². The summed E-state index contributed by atoms with van der Waals surface area (Å²) < 4.78 is 0. The van der Waals surface area contributed by atoms with Crippen molar-refractivity contribution < 1.29 is 9.72 Å². The second kappa shape index (κ2) is 6.35. The van der Waals surface area contributed by atoms with Gasteiger partial charge in [-0.15, -0.1) is 0 Å². The van der Waals surface area contributed by atoms with Crippen LogP contribution in [-0.4, -0.2) is 10.2 Å². The van der Waals surface area contributed by atoms with Crippen LogP contribution in [0, 0.1) is 10.1 Å². The van der Waals surface area contributed by atoms with Crippen LogP contribution in [0.3, 0.4) is 0 Å². The fourth-order valence-electron chi connectivity index (χ4n) is 1.87. The lowest BCUT2D eigenvalue weighted by molar-refractivity contribution is -0.385. The summed E-state index contributed by atoms with van der Waals surface area (Å²) >= 11 is 5.30. The minimum atomic E-state index is -0.401. The van der Waals surface area contributed by atoms with Crippen LogP contribution in [0.1, 0.15) is 37.7 Å². The number of nitro groups is 1. The van der Waals surface area contributed by atoms with Gasteiger partial charge in [-0.25, -0.2) is 0 Å². The zero-order valence-corrected chi connectivity index (χ0v) is 10.3. The first-order chi connectivity index (χ1) is 8.06. The normalized spacial score (nSPS) is 12.1. The molecule has 1 aromatic carbocycles. The molecule has 0 bridgehead atoms. The second-order valence-electron chi connectivity index (χ2n) is 3.81. The number of halogens is 1. The number of hydrogen-bond acceptors (Lipinski definition) is 3. The molecule has 1 aromatic rings. The summed E-state index contributed by atoms with van der Waals surface area (Å²) in [6.07, 6.45) is 1.53. The Labute approximate surface area is 105 Å². The number of para-hydroxylation sites is 1. The average Bonchev–Trinajstić information content (AvgIpc) is 2.30. The Morgan fingerprint density at radius 3 is 2.65 bits per heavy atom. The molecule has 17 heavy (non-hydrogen) atoms. The highest BCUT2D eigenvalue weighted by Gasteiger charge is 2.20. The van der Waals surface area contributed by atoms with Gasteiger partial charge in [0, 0.05) is 18.1 Å². The van der Waals surface area contributed by atoms with Gasteiger partial charge in [-0.2, -0.15) is 0 Å². The van der Waals surface area contributed by atoms with Crippen LogP contribution in [-0.2, 0) is 4.79 Å². The molecule has 0 aliphatic heterocycles. The molecular formula is C12H14ClNO3. The minimum absolute atomic E-state index is 0.000648. The first-order valence-corrected chi connectivity index (χ1v) is 5.85. The standard InChI is InChI=1S/C12H14ClNO3/c1-2-9(7-8-12(13)15)10-5-3-4-6-11(10)14(16)17/h3-6,9H,2,7-8H2,1H3. The first-order valence-electron chi connectivity index (χ1n) is 5.48. The molecule has 0 fully saturated rings. The third-order valence-corrected chi connectivity index (χ3v) is 2.94. The van der Waals surface area contributed by atoms with Gasteiger partial charge in [0.05, 0.1) is 4.92 Å². The minimum Gasteiger partial charge on any atom is -0.281 e. The Morgan fingerprint density at radius 2 is 2.12 bits per heavy atom. The van der Waals surface area contributed by atoms with Crippen molar-refractivity contribution >= 4 is 22.5 Å². The maximum atomic E-state index is 10.9. The van der Waals surface area contributed by atoms with Crippen molar-refractivity contribution in [2.75, 3.05) is 0 Å². The van der Waals surface area contributed by atoms with Crippen LogP contribution >= 0.6 is 11.6 Å². The van der Waals surface area contributed by atoms with Crippen molar-refractivity contribution in [1.29, 1.82) is 0 Å². The van der Waals surface area contributed by atoms with Gasteiger partial charge in [-0.05, 0) is 30.4 Å². The summed E-state index contributed by atoms with van der Waals surface area (Å²) in [7, 11) is 0. The summed E-state index contributed by atoms with van der Waals surface area (Å²) in [4.78, 5) is 21.3. The Hall–Kier alpha value is -1.42. The molecule has 0 aliphatic carbocycles. The molecule has 92 valence electrons. The van der Waals surface area contributed by atoms with E-state index in [4.69, 9.17) is 11.6 Å². The number of carbonyl (C=O) groups excluding carboxylic acids is 1. The predicted octanol–water partition coefficient (Wildman–Crippen LogP) is 3.63. The number of nitro benzene ring substituents is 1. The van der Waals surface area contributed by atoms with Crippen LogP contribution in [0.4, 0.5) is 5.69 Å². The highest BCUT2D eigenvalue weighted by atomic mass is 35.5. The quantitative estimate of drug-likeness (QED) is 0.443. The molecule has 0 radical (unpaired) electrons. The Balaban J connectivity index is 2.94. The van der Waals surface area contributed by atoms with Gasteiger partial charge in [0.2, 0.25) is 5.24 Å². The van der Waals surface area contributed by atoms with E-state index in [2.05, 4.69) is 0 Å². The highest BCUT2D eigenvalue weighted by Crippen LogP contribution is 2.32. The van der Waals surface area contributed by atoms with Crippen LogP contribution in [0.15, 0.2) is 24.3 Å². The molecule has 0 aromatic heterocycles. The van der Waals surface area contributed by atoms with E-state index in [0.717, 1.165) is 6.42 Å². The van der Waals surface area contributed by atoms with Crippen LogP contribution in [0.25, 0.3) is 0 Å². The Morgan fingerprint density at radius 1 is 1.47 bits per heavy atom. The van der Waals surface area contributed by atoms with Gasteiger partial charge in [-0.1, -0.05) is 25.1 Å². The van der Waals surface area contributed by atoms with E-state index in [0.29, 0.717) is 12.0 Å². The smallest absolute Gasteiger partial charge is 0.272 e. The lowest BCUT2D eigenvalue weighted by atomic mass is 9.91. The third-order valence-electron chi connectivity index (χ3n) is 2.76. The van der Waals surface area contributed by atoms with Crippen molar-refractivity contribution in [3.63, 3.8) is 0 Å². The zero-order chi connectivity index (χ0) is 12.8. The summed E-state index contributed by atoms with van der Waals surface area (Å²) in [5, 5.41) is 10.5. The molecule has 1 unspecified atom stereocenters. The molecule has 4 nitrogen and oxygen atoms in total. The van der Waals surface area contributed by atoms with Gasteiger partial charge >= 0.3 is 0 Å². The van der Waals surface area contributed by atoms with Gasteiger partial charge in [0.15, 0.2) is 0 Å². The van der Waals surface area contributed by atoms with Crippen molar-refractivity contribution in [3.8, 4) is 0 Å². The lowest BCUT2D eigenvalue weighted by Gasteiger charge is -2.14. The highest BCUT2D eigenvalue weighted by molar-refractivity contribution is 6.63. The maximum absolute atomic E-state index is 10.9. The lowest BCUT2D eigenvalue weighted by Crippen LogP contribution is -2.03. The van der Waals surface area contributed by atoms with Crippen LogP contribution in [0.5, 0.6) is 0 Å². The summed E-state index contributed by atoms with van der Waals surface area (Å²) in [6.45, 7) is 1.94. The molecule has 1 rings (SSSR count). The van der Waals surface area contributed by atoms with E-state index in [-0.39, 0.29) is 22.9 Å². The molecule has 0 aliphatic rings. The maximum Gasteiger partial charge on any atom is 0.272 e. The Kier molecular flexibility index (Phi) is 5.10. The number of rotatable bonds is 6. The van der Waals surface area contributed by atoms with E-state index in [1.165, 1.54) is 6.07 Å². The molecule has 0 heterocycles.